The first-order chi connectivity index (χ1) is 11.9. The van der Waals surface area contributed by atoms with Crippen molar-refractivity contribution in [3.63, 3.8) is 0 Å². The van der Waals surface area contributed by atoms with Crippen LogP contribution in [-0.2, 0) is 6.18 Å². The highest BCUT2D eigenvalue weighted by molar-refractivity contribution is 7.99. The summed E-state index contributed by atoms with van der Waals surface area (Å²) in [4.78, 5) is 4.05. The van der Waals surface area contributed by atoms with Gasteiger partial charge in [0.1, 0.15) is 0 Å². The van der Waals surface area contributed by atoms with Crippen molar-refractivity contribution in [3.05, 3.63) is 36.0 Å². The highest BCUT2D eigenvalue weighted by Crippen LogP contribution is 2.32. The molecule has 2 N–H and O–H groups in total. The fraction of sp³-hybridized carbons (Fsp3) is 0.500. The van der Waals surface area contributed by atoms with Gasteiger partial charge in [0.15, 0.2) is 0 Å². The topological polar surface area (TPSA) is 37.0 Å². The predicted molar refractivity (Wildman–Crippen MR) is 100 cm³/mol. The Morgan fingerprint density at radius 2 is 1.96 bits per heavy atom. The molecule has 2 rings (SSSR count). The number of hydrogen-bond acceptors (Lipinski definition) is 4. The maximum Gasteiger partial charge on any atom is 0.416 e. The van der Waals surface area contributed by atoms with Crippen LogP contribution in [0.2, 0.25) is 0 Å². The Morgan fingerprint density at radius 1 is 1.16 bits per heavy atom. The molecule has 0 spiro atoms. The Morgan fingerprint density at radius 3 is 2.68 bits per heavy atom. The summed E-state index contributed by atoms with van der Waals surface area (Å²) >= 11 is 1.87. The lowest BCUT2D eigenvalue weighted by Gasteiger charge is -2.12. The smallest absolute Gasteiger partial charge is 0.384 e. The maximum atomic E-state index is 12.8. The van der Waals surface area contributed by atoms with Gasteiger partial charge >= 0.3 is 6.18 Å². The van der Waals surface area contributed by atoms with Gasteiger partial charge in [-0.25, -0.2) is 0 Å². The number of nitrogens with one attached hydrogen (secondary N) is 2. The molecular formula is C18H24F3N3S. The number of pyridine rings is 1. The molecule has 1 aromatic heterocycles. The molecule has 0 aliphatic heterocycles. The van der Waals surface area contributed by atoms with E-state index in [4.69, 9.17) is 0 Å². The number of hydrogen-bond donors (Lipinski definition) is 2. The van der Waals surface area contributed by atoms with Crippen LogP contribution in [0.4, 0.5) is 18.9 Å². The molecule has 1 aromatic carbocycles. The van der Waals surface area contributed by atoms with Crippen LogP contribution in [0.3, 0.4) is 0 Å². The quantitative estimate of drug-likeness (QED) is 0.622. The van der Waals surface area contributed by atoms with Gasteiger partial charge in [0, 0.05) is 29.1 Å². The summed E-state index contributed by atoms with van der Waals surface area (Å²) in [5, 5.41) is 8.07. The first kappa shape index (κ1) is 19.8. The minimum atomic E-state index is -4.35. The fourth-order valence-corrected chi connectivity index (χ4v) is 2.82. The standard InChI is InChI=1S/C18H24F3N3S/c1-13(25-2)6-10-22-8-3-9-23-16-7-11-24-17-12-14(18(19,20)21)4-5-15(16)17/h4-5,7,11-13,22H,3,6,8-10H2,1-2H3,(H,23,24). The van der Waals surface area contributed by atoms with Crippen molar-refractivity contribution in [2.24, 2.45) is 0 Å². The summed E-state index contributed by atoms with van der Waals surface area (Å²) in [5.41, 5.74) is 0.493. The molecular weight excluding hydrogens is 347 g/mol. The van der Waals surface area contributed by atoms with Crippen LogP contribution < -0.4 is 10.6 Å². The van der Waals surface area contributed by atoms with Crippen LogP contribution in [-0.4, -0.2) is 36.1 Å². The van der Waals surface area contributed by atoms with E-state index in [1.54, 1.807) is 6.07 Å². The number of nitrogens with zero attached hydrogens (tertiary/aromatic N) is 1. The summed E-state index contributed by atoms with van der Waals surface area (Å²) in [6.07, 6.45) is 1.39. The molecule has 0 aliphatic carbocycles. The minimum Gasteiger partial charge on any atom is -0.384 e. The molecule has 1 atom stereocenters. The van der Waals surface area contributed by atoms with Crippen molar-refractivity contribution in [2.45, 2.75) is 31.2 Å². The third-order valence-corrected chi connectivity index (χ3v) is 5.09. The van der Waals surface area contributed by atoms with Gasteiger partial charge < -0.3 is 10.6 Å². The van der Waals surface area contributed by atoms with E-state index in [9.17, 15) is 13.2 Å². The van der Waals surface area contributed by atoms with Gasteiger partial charge in [0.25, 0.3) is 0 Å². The highest BCUT2D eigenvalue weighted by Gasteiger charge is 2.30. The van der Waals surface area contributed by atoms with E-state index < -0.39 is 11.7 Å². The Hall–Kier alpha value is -1.47. The van der Waals surface area contributed by atoms with Gasteiger partial charge in [-0.15, -0.1) is 0 Å². The molecule has 0 amide bonds. The Balaban J connectivity index is 1.85. The molecule has 0 fully saturated rings. The molecule has 25 heavy (non-hydrogen) atoms. The average molecular weight is 371 g/mol. The summed E-state index contributed by atoms with van der Waals surface area (Å²) in [6.45, 7) is 4.88. The number of rotatable bonds is 9. The summed E-state index contributed by atoms with van der Waals surface area (Å²) < 4.78 is 38.4. The van der Waals surface area contributed by atoms with E-state index in [0.717, 1.165) is 50.3 Å². The fourth-order valence-electron chi connectivity index (χ4n) is 2.46. The molecule has 0 bridgehead atoms. The van der Waals surface area contributed by atoms with E-state index in [0.29, 0.717) is 16.2 Å². The normalized spacial score (nSPS) is 13.2. The van der Waals surface area contributed by atoms with Crippen molar-refractivity contribution in [2.75, 3.05) is 31.2 Å². The predicted octanol–water partition coefficient (Wildman–Crippen LogP) is 4.79. The Labute approximate surface area is 150 Å². The van der Waals surface area contributed by atoms with Gasteiger partial charge in [-0.2, -0.15) is 24.9 Å². The highest BCUT2D eigenvalue weighted by atomic mass is 32.2. The van der Waals surface area contributed by atoms with Crippen LogP contribution in [0.1, 0.15) is 25.3 Å². The lowest BCUT2D eigenvalue weighted by Crippen LogP contribution is -2.21. The monoisotopic (exact) mass is 371 g/mol. The number of fused-ring (bicyclic) bond motifs is 1. The first-order valence-electron chi connectivity index (χ1n) is 8.35. The maximum absolute atomic E-state index is 12.8. The molecule has 138 valence electrons. The lowest BCUT2D eigenvalue weighted by molar-refractivity contribution is -0.137. The molecule has 0 saturated carbocycles. The van der Waals surface area contributed by atoms with Crippen LogP contribution in [0.25, 0.3) is 10.9 Å². The lowest BCUT2D eigenvalue weighted by atomic mass is 10.1. The molecule has 2 aromatic rings. The van der Waals surface area contributed by atoms with Crippen molar-refractivity contribution in [1.29, 1.82) is 0 Å². The summed E-state index contributed by atoms with van der Waals surface area (Å²) in [6, 6.07) is 5.47. The SMILES string of the molecule is CSC(C)CCNCCCNc1ccnc2cc(C(F)(F)F)ccc12. The second-order valence-electron chi connectivity index (χ2n) is 5.95. The van der Waals surface area contributed by atoms with Crippen LogP contribution in [0.5, 0.6) is 0 Å². The van der Waals surface area contributed by atoms with Crippen molar-refractivity contribution < 1.29 is 13.2 Å². The first-order valence-corrected chi connectivity index (χ1v) is 9.64. The number of benzene rings is 1. The van der Waals surface area contributed by atoms with Crippen LogP contribution >= 0.6 is 11.8 Å². The summed E-state index contributed by atoms with van der Waals surface area (Å²) in [7, 11) is 0. The van der Waals surface area contributed by atoms with E-state index in [-0.39, 0.29) is 0 Å². The van der Waals surface area contributed by atoms with Gasteiger partial charge in [-0.05, 0) is 50.4 Å². The van der Waals surface area contributed by atoms with Gasteiger partial charge in [0.2, 0.25) is 0 Å². The average Bonchev–Trinajstić information content (AvgIpc) is 2.59. The molecule has 1 unspecified atom stereocenters. The molecule has 7 heteroatoms. The zero-order valence-corrected chi connectivity index (χ0v) is 15.3. The third-order valence-electron chi connectivity index (χ3n) is 4.05. The molecule has 0 saturated heterocycles. The number of anilines is 1. The largest absolute Gasteiger partial charge is 0.416 e. The number of halogens is 3. The molecule has 1 heterocycles. The minimum absolute atomic E-state index is 0.351. The Bertz CT molecular complexity index is 676. The van der Waals surface area contributed by atoms with Gasteiger partial charge in [-0.1, -0.05) is 13.0 Å². The van der Waals surface area contributed by atoms with Crippen LogP contribution in [0, 0.1) is 0 Å². The van der Waals surface area contributed by atoms with Crippen molar-refractivity contribution in [3.8, 4) is 0 Å². The van der Waals surface area contributed by atoms with E-state index in [1.807, 2.05) is 11.8 Å². The Kier molecular flexibility index (Phi) is 7.38. The second-order valence-corrected chi connectivity index (χ2v) is 7.23. The van der Waals surface area contributed by atoms with Crippen LogP contribution in [0.15, 0.2) is 30.5 Å². The third kappa shape index (κ3) is 6.08. The zero-order chi connectivity index (χ0) is 18.3. The second kappa shape index (κ2) is 9.29. The van der Waals surface area contributed by atoms with Gasteiger partial charge in [0.05, 0.1) is 11.1 Å². The van der Waals surface area contributed by atoms with Gasteiger partial charge in [-0.3, -0.25) is 4.98 Å². The molecule has 3 nitrogen and oxygen atoms in total. The number of thioether (sulfide) groups is 1. The van der Waals surface area contributed by atoms with Crippen molar-refractivity contribution in [1.82, 2.24) is 10.3 Å². The molecule has 0 radical (unpaired) electrons. The van der Waals surface area contributed by atoms with E-state index >= 15 is 0 Å². The van der Waals surface area contributed by atoms with Crippen molar-refractivity contribution >= 4 is 28.4 Å². The number of alkyl halides is 3. The van der Waals surface area contributed by atoms with E-state index in [1.165, 1.54) is 12.3 Å². The summed E-state index contributed by atoms with van der Waals surface area (Å²) in [5.74, 6) is 0. The van der Waals surface area contributed by atoms with E-state index in [2.05, 4.69) is 28.8 Å². The molecule has 0 aliphatic rings. The zero-order valence-electron chi connectivity index (χ0n) is 14.5. The number of aromatic nitrogens is 1.